The number of carboxylic acids is 1. The fraction of sp³-hybridized carbons (Fsp3) is 0. The minimum Gasteiger partial charge on any atom is -0.478 e. The van der Waals surface area contributed by atoms with Crippen LogP contribution in [0.2, 0.25) is 0 Å². The summed E-state index contributed by atoms with van der Waals surface area (Å²) in [7, 11) is 0. The number of carbonyl (C=O) groups excluding carboxylic acids is 1. The maximum atomic E-state index is 10.8. The molecule has 0 aliphatic rings. The molecule has 0 fully saturated rings. The van der Waals surface area contributed by atoms with Crippen molar-refractivity contribution in [1.29, 1.82) is 0 Å². The number of carbonyl (C=O) groups is 2. The zero-order chi connectivity index (χ0) is 10.6. The van der Waals surface area contributed by atoms with E-state index in [4.69, 9.17) is 11.5 Å². The molecule has 14 heavy (non-hydrogen) atoms. The number of hydrogen-bond acceptors (Lipinski definition) is 2. The molecule has 1 aromatic carbocycles. The highest BCUT2D eigenvalue weighted by Gasteiger charge is 2.03. The number of terminal acetylenes is 1. The Morgan fingerprint density at radius 3 is 2.71 bits per heavy atom. The van der Waals surface area contributed by atoms with Gasteiger partial charge in [-0.25, -0.2) is 4.79 Å². The van der Waals surface area contributed by atoms with Crippen molar-refractivity contribution in [1.82, 2.24) is 0 Å². The van der Waals surface area contributed by atoms with E-state index in [0.29, 0.717) is 5.69 Å². The molecule has 0 atom stereocenters. The van der Waals surface area contributed by atoms with Crippen molar-refractivity contribution in [2.24, 2.45) is 0 Å². The number of hydrogen-bond donors (Lipinski definition) is 2. The van der Waals surface area contributed by atoms with Crippen LogP contribution in [-0.4, -0.2) is 17.0 Å². The van der Waals surface area contributed by atoms with E-state index in [0.717, 1.165) is 0 Å². The number of rotatable bonds is 2. The molecular weight excluding hydrogens is 182 g/mol. The van der Waals surface area contributed by atoms with Crippen LogP contribution in [0.25, 0.3) is 0 Å². The van der Waals surface area contributed by atoms with Crippen LogP contribution >= 0.6 is 0 Å². The maximum Gasteiger partial charge on any atom is 0.335 e. The van der Waals surface area contributed by atoms with Gasteiger partial charge in [0.1, 0.15) is 0 Å². The fourth-order valence-corrected chi connectivity index (χ4v) is 0.897. The van der Waals surface area contributed by atoms with E-state index in [1.54, 1.807) is 6.07 Å². The van der Waals surface area contributed by atoms with Crippen molar-refractivity contribution in [2.75, 3.05) is 5.32 Å². The van der Waals surface area contributed by atoms with Gasteiger partial charge in [0.2, 0.25) is 0 Å². The number of amides is 1. The highest BCUT2D eigenvalue weighted by molar-refractivity contribution is 6.04. The summed E-state index contributed by atoms with van der Waals surface area (Å²) in [5, 5.41) is 11.0. The number of aromatic carboxylic acids is 1. The van der Waals surface area contributed by atoms with Gasteiger partial charge in [-0.2, -0.15) is 0 Å². The number of benzene rings is 1. The van der Waals surface area contributed by atoms with Gasteiger partial charge in [0.25, 0.3) is 5.91 Å². The van der Waals surface area contributed by atoms with E-state index in [2.05, 4.69) is 5.32 Å². The predicted molar refractivity (Wildman–Crippen MR) is 50.9 cm³/mol. The summed E-state index contributed by atoms with van der Waals surface area (Å²) in [5.74, 6) is 0.207. The molecule has 0 bridgehead atoms. The van der Waals surface area contributed by atoms with Crippen LogP contribution in [0.3, 0.4) is 0 Å². The Labute approximate surface area is 80.6 Å². The third-order valence-corrected chi connectivity index (χ3v) is 1.50. The van der Waals surface area contributed by atoms with Gasteiger partial charge < -0.3 is 10.4 Å². The Morgan fingerprint density at radius 1 is 1.43 bits per heavy atom. The lowest BCUT2D eigenvalue weighted by Crippen LogP contribution is -2.08. The molecule has 0 saturated heterocycles. The van der Waals surface area contributed by atoms with Gasteiger partial charge in [0, 0.05) is 5.69 Å². The molecule has 0 spiro atoms. The molecule has 0 unspecified atom stereocenters. The first-order valence-electron chi connectivity index (χ1n) is 3.74. The summed E-state index contributed by atoms with van der Waals surface area (Å²) in [4.78, 5) is 21.3. The smallest absolute Gasteiger partial charge is 0.335 e. The summed E-state index contributed by atoms with van der Waals surface area (Å²) < 4.78 is 0. The Bertz CT molecular complexity index is 418. The molecule has 4 nitrogen and oxygen atoms in total. The van der Waals surface area contributed by atoms with E-state index in [1.165, 1.54) is 18.2 Å². The van der Waals surface area contributed by atoms with Crippen molar-refractivity contribution in [2.45, 2.75) is 0 Å². The number of anilines is 1. The zero-order valence-electron chi connectivity index (χ0n) is 7.15. The lowest BCUT2D eigenvalue weighted by molar-refractivity contribution is -0.111. The van der Waals surface area contributed by atoms with Crippen LogP contribution in [-0.2, 0) is 4.79 Å². The Morgan fingerprint density at radius 2 is 2.14 bits per heavy atom. The minimum atomic E-state index is -1.05. The van der Waals surface area contributed by atoms with Gasteiger partial charge >= 0.3 is 5.97 Å². The monoisotopic (exact) mass is 189 g/mol. The van der Waals surface area contributed by atoms with E-state index in [1.807, 2.05) is 5.92 Å². The van der Waals surface area contributed by atoms with Crippen LogP contribution in [0, 0.1) is 12.3 Å². The molecule has 4 heteroatoms. The second-order valence-electron chi connectivity index (χ2n) is 2.48. The fourth-order valence-electron chi connectivity index (χ4n) is 0.897. The van der Waals surface area contributed by atoms with Crippen molar-refractivity contribution in [3.63, 3.8) is 0 Å². The maximum absolute atomic E-state index is 10.8. The predicted octanol–water partition coefficient (Wildman–Crippen LogP) is 0.956. The van der Waals surface area contributed by atoms with Gasteiger partial charge in [-0.15, -0.1) is 6.42 Å². The van der Waals surface area contributed by atoms with Gasteiger partial charge in [0.15, 0.2) is 0 Å². The molecule has 0 aliphatic carbocycles. The average Bonchev–Trinajstić information content (AvgIpc) is 2.18. The first-order valence-corrected chi connectivity index (χ1v) is 3.74. The largest absolute Gasteiger partial charge is 0.478 e. The molecule has 1 aromatic rings. The first-order chi connectivity index (χ1) is 6.63. The van der Waals surface area contributed by atoms with E-state index >= 15 is 0 Å². The molecule has 0 heterocycles. The topological polar surface area (TPSA) is 66.4 Å². The summed E-state index contributed by atoms with van der Waals surface area (Å²) in [6.45, 7) is 0. The van der Waals surface area contributed by atoms with Crippen LogP contribution in [0.4, 0.5) is 5.69 Å². The second kappa shape index (κ2) is 4.10. The van der Waals surface area contributed by atoms with Gasteiger partial charge in [-0.05, 0) is 24.1 Å². The van der Waals surface area contributed by atoms with Gasteiger partial charge in [-0.1, -0.05) is 6.07 Å². The van der Waals surface area contributed by atoms with Gasteiger partial charge in [-0.3, -0.25) is 4.79 Å². The Balaban J connectivity index is 2.90. The van der Waals surface area contributed by atoms with Crippen molar-refractivity contribution < 1.29 is 14.7 Å². The minimum absolute atomic E-state index is 0.0971. The van der Waals surface area contributed by atoms with Crippen molar-refractivity contribution in [3.8, 4) is 12.3 Å². The normalized spacial score (nSPS) is 8.79. The van der Waals surface area contributed by atoms with Gasteiger partial charge in [0.05, 0.1) is 5.56 Å². The molecule has 0 aliphatic heterocycles. The Kier molecular flexibility index (Phi) is 2.87. The molecule has 1 rings (SSSR count). The van der Waals surface area contributed by atoms with Crippen molar-refractivity contribution in [3.05, 3.63) is 29.8 Å². The Hall–Kier alpha value is -2.28. The summed E-state index contributed by atoms with van der Waals surface area (Å²) >= 11 is 0. The number of carboxylic acid groups (broad SMARTS) is 1. The van der Waals surface area contributed by atoms with Crippen LogP contribution in [0.1, 0.15) is 10.4 Å². The van der Waals surface area contributed by atoms with E-state index < -0.39 is 11.9 Å². The van der Waals surface area contributed by atoms with E-state index in [9.17, 15) is 9.59 Å². The quantitative estimate of drug-likeness (QED) is 0.681. The van der Waals surface area contributed by atoms with Crippen LogP contribution in [0.15, 0.2) is 24.3 Å². The third-order valence-electron chi connectivity index (χ3n) is 1.50. The van der Waals surface area contributed by atoms with E-state index in [-0.39, 0.29) is 5.56 Å². The average molecular weight is 189 g/mol. The molecule has 70 valence electrons. The third kappa shape index (κ3) is 2.35. The second-order valence-corrected chi connectivity index (χ2v) is 2.48. The summed E-state index contributed by atoms with van der Waals surface area (Å²) in [6, 6.07) is 5.84. The molecule has 0 saturated carbocycles. The molecule has 0 radical (unpaired) electrons. The van der Waals surface area contributed by atoms with Crippen LogP contribution in [0.5, 0.6) is 0 Å². The van der Waals surface area contributed by atoms with Crippen molar-refractivity contribution >= 4 is 17.6 Å². The first kappa shape index (κ1) is 9.81. The standard InChI is InChI=1S/C10H7NO3/c1-2-9(12)11-8-5-3-4-7(6-8)10(13)14/h1,3-6H,(H,11,12)(H,13,14). The highest BCUT2D eigenvalue weighted by Crippen LogP contribution is 2.10. The zero-order valence-corrected chi connectivity index (χ0v) is 7.15. The van der Waals surface area contributed by atoms with Crippen LogP contribution < -0.4 is 5.32 Å². The summed E-state index contributed by atoms with van der Waals surface area (Å²) in [6.07, 6.45) is 4.84. The molecule has 1 amide bonds. The molecular formula is C10H7NO3. The molecule has 2 N–H and O–H groups in total. The lowest BCUT2D eigenvalue weighted by Gasteiger charge is -2.01. The summed E-state index contributed by atoms with van der Waals surface area (Å²) in [5.41, 5.74) is 0.465. The molecule has 0 aromatic heterocycles. The SMILES string of the molecule is C#CC(=O)Nc1cccc(C(=O)O)c1. The highest BCUT2D eigenvalue weighted by atomic mass is 16.4. The number of nitrogens with one attached hydrogen (secondary N) is 1. The lowest BCUT2D eigenvalue weighted by atomic mass is 10.2.